The molecule has 7 heteroatoms. The van der Waals surface area contributed by atoms with Crippen LogP contribution in [0.1, 0.15) is 27.0 Å². The van der Waals surface area contributed by atoms with Gasteiger partial charge in [0.25, 0.3) is 5.91 Å². The zero-order valence-electron chi connectivity index (χ0n) is 13.0. The number of hydrazone groups is 1. The van der Waals surface area contributed by atoms with E-state index in [-0.39, 0.29) is 11.7 Å². The summed E-state index contributed by atoms with van der Waals surface area (Å²) in [5.41, 5.74) is 4.68. The summed E-state index contributed by atoms with van der Waals surface area (Å²) in [4.78, 5) is 12.0. The Morgan fingerprint density at radius 2 is 1.88 bits per heavy atom. The largest absolute Gasteiger partial charge is 0.434 e. The summed E-state index contributed by atoms with van der Waals surface area (Å²) in [6.07, 6.45) is 1.45. The highest BCUT2D eigenvalue weighted by molar-refractivity contribution is 9.10. The summed E-state index contributed by atoms with van der Waals surface area (Å²) < 4.78 is 29.9. The number of benzene rings is 2. The molecule has 0 atom stereocenters. The number of ether oxygens (including phenoxy) is 1. The van der Waals surface area contributed by atoms with Crippen LogP contribution in [0.25, 0.3) is 0 Å². The zero-order chi connectivity index (χ0) is 17.7. The Kier molecular flexibility index (Phi) is 6.03. The number of rotatable bonds is 5. The van der Waals surface area contributed by atoms with E-state index in [1.165, 1.54) is 6.21 Å². The number of carbonyl (C=O) groups is 1. The van der Waals surface area contributed by atoms with Gasteiger partial charge < -0.3 is 4.74 Å². The van der Waals surface area contributed by atoms with Crippen molar-refractivity contribution >= 4 is 28.1 Å². The first-order valence-corrected chi connectivity index (χ1v) is 7.81. The SMILES string of the molecule is Cc1cc(/C=N\NC(=O)c2ccccc2Br)cc(C)c1OC(F)F. The molecule has 0 saturated heterocycles. The first-order chi connectivity index (χ1) is 11.4. The average Bonchev–Trinajstić information content (AvgIpc) is 2.51. The van der Waals surface area contributed by atoms with E-state index in [0.29, 0.717) is 26.7 Å². The van der Waals surface area contributed by atoms with Gasteiger partial charge in [-0.1, -0.05) is 12.1 Å². The molecular weight excluding hydrogens is 382 g/mol. The van der Waals surface area contributed by atoms with Crippen LogP contribution in [0.5, 0.6) is 5.75 Å². The summed E-state index contributed by atoms with van der Waals surface area (Å²) in [5.74, 6) is -0.204. The molecule has 126 valence electrons. The van der Waals surface area contributed by atoms with Gasteiger partial charge in [-0.15, -0.1) is 0 Å². The van der Waals surface area contributed by atoms with Crippen molar-refractivity contribution in [2.75, 3.05) is 0 Å². The number of hydrogen-bond donors (Lipinski definition) is 1. The molecular formula is C17H15BrF2N2O2. The van der Waals surface area contributed by atoms with Crippen molar-refractivity contribution in [3.63, 3.8) is 0 Å². The Balaban J connectivity index is 2.10. The molecule has 1 N–H and O–H groups in total. The fourth-order valence-electron chi connectivity index (χ4n) is 2.20. The summed E-state index contributed by atoms with van der Waals surface area (Å²) >= 11 is 3.29. The van der Waals surface area contributed by atoms with Crippen molar-refractivity contribution in [1.82, 2.24) is 5.43 Å². The minimum absolute atomic E-state index is 0.152. The molecule has 0 bridgehead atoms. The average molecular weight is 397 g/mol. The third-order valence-electron chi connectivity index (χ3n) is 3.19. The zero-order valence-corrected chi connectivity index (χ0v) is 14.6. The van der Waals surface area contributed by atoms with Gasteiger partial charge in [0.15, 0.2) is 0 Å². The van der Waals surface area contributed by atoms with Gasteiger partial charge in [-0.25, -0.2) is 5.43 Å². The van der Waals surface area contributed by atoms with E-state index in [1.807, 2.05) is 0 Å². The Morgan fingerprint density at radius 3 is 2.46 bits per heavy atom. The van der Waals surface area contributed by atoms with Crippen LogP contribution in [0.2, 0.25) is 0 Å². The summed E-state index contributed by atoms with van der Waals surface area (Å²) in [6.45, 7) is 0.467. The number of amides is 1. The minimum atomic E-state index is -2.87. The molecule has 0 aliphatic heterocycles. The van der Waals surface area contributed by atoms with Gasteiger partial charge in [-0.2, -0.15) is 13.9 Å². The van der Waals surface area contributed by atoms with Gasteiger partial charge in [0.2, 0.25) is 0 Å². The van der Waals surface area contributed by atoms with Crippen LogP contribution in [-0.4, -0.2) is 18.7 Å². The number of nitrogens with one attached hydrogen (secondary N) is 1. The predicted molar refractivity (Wildman–Crippen MR) is 91.8 cm³/mol. The number of nitrogens with zero attached hydrogens (tertiary/aromatic N) is 1. The maximum absolute atomic E-state index is 12.4. The lowest BCUT2D eigenvalue weighted by Crippen LogP contribution is -2.18. The Hall–Kier alpha value is -2.28. The highest BCUT2D eigenvalue weighted by atomic mass is 79.9. The van der Waals surface area contributed by atoms with Crippen LogP contribution >= 0.6 is 15.9 Å². The van der Waals surface area contributed by atoms with Crippen molar-refractivity contribution in [3.8, 4) is 5.75 Å². The fraction of sp³-hybridized carbons (Fsp3) is 0.176. The first-order valence-electron chi connectivity index (χ1n) is 7.02. The highest BCUT2D eigenvalue weighted by Crippen LogP contribution is 2.25. The molecule has 2 rings (SSSR count). The molecule has 24 heavy (non-hydrogen) atoms. The van der Waals surface area contributed by atoms with Gasteiger partial charge in [-0.3, -0.25) is 4.79 Å². The molecule has 0 radical (unpaired) electrons. The number of halogens is 3. The Labute approximate surface area is 146 Å². The van der Waals surface area contributed by atoms with E-state index >= 15 is 0 Å². The lowest BCUT2D eigenvalue weighted by atomic mass is 10.1. The second-order valence-electron chi connectivity index (χ2n) is 5.04. The third-order valence-corrected chi connectivity index (χ3v) is 3.88. The van der Waals surface area contributed by atoms with E-state index in [2.05, 4.69) is 31.2 Å². The van der Waals surface area contributed by atoms with E-state index in [0.717, 1.165) is 0 Å². The third kappa shape index (κ3) is 4.61. The molecule has 2 aromatic carbocycles. The lowest BCUT2D eigenvalue weighted by molar-refractivity contribution is -0.0507. The smallest absolute Gasteiger partial charge is 0.387 e. The van der Waals surface area contributed by atoms with Crippen LogP contribution in [0.15, 0.2) is 46.0 Å². The quantitative estimate of drug-likeness (QED) is 0.600. The van der Waals surface area contributed by atoms with Crippen molar-refractivity contribution in [2.45, 2.75) is 20.5 Å². The molecule has 2 aromatic rings. The molecule has 0 spiro atoms. The fourth-order valence-corrected chi connectivity index (χ4v) is 2.67. The van der Waals surface area contributed by atoms with E-state index in [4.69, 9.17) is 0 Å². The van der Waals surface area contributed by atoms with Crippen molar-refractivity contribution in [3.05, 3.63) is 63.1 Å². The van der Waals surface area contributed by atoms with Crippen molar-refractivity contribution < 1.29 is 18.3 Å². The number of carbonyl (C=O) groups excluding carboxylic acids is 1. The second kappa shape index (κ2) is 8.01. The van der Waals surface area contributed by atoms with Crippen LogP contribution in [0.3, 0.4) is 0 Å². The minimum Gasteiger partial charge on any atom is -0.434 e. The predicted octanol–water partition coefficient (Wildman–Crippen LogP) is 4.43. The molecule has 0 heterocycles. The molecule has 4 nitrogen and oxygen atoms in total. The van der Waals surface area contributed by atoms with Crippen LogP contribution in [-0.2, 0) is 0 Å². The summed E-state index contributed by atoms with van der Waals surface area (Å²) in [6, 6.07) is 10.3. The summed E-state index contributed by atoms with van der Waals surface area (Å²) in [7, 11) is 0. The van der Waals surface area contributed by atoms with E-state index in [9.17, 15) is 13.6 Å². The van der Waals surface area contributed by atoms with Crippen LogP contribution < -0.4 is 10.2 Å². The van der Waals surface area contributed by atoms with Gasteiger partial charge in [-0.05, 0) is 70.7 Å². The maximum Gasteiger partial charge on any atom is 0.387 e. The molecule has 0 aromatic heterocycles. The maximum atomic E-state index is 12.4. The molecule has 0 saturated carbocycles. The monoisotopic (exact) mass is 396 g/mol. The molecule has 0 aliphatic rings. The van der Waals surface area contributed by atoms with Gasteiger partial charge in [0, 0.05) is 4.47 Å². The molecule has 0 aliphatic carbocycles. The number of hydrogen-bond acceptors (Lipinski definition) is 3. The normalized spacial score (nSPS) is 11.1. The van der Waals surface area contributed by atoms with Crippen LogP contribution in [0, 0.1) is 13.8 Å². The molecule has 0 unspecified atom stereocenters. The molecule has 1 amide bonds. The number of aryl methyl sites for hydroxylation is 2. The van der Waals surface area contributed by atoms with Gasteiger partial charge >= 0.3 is 6.61 Å². The Morgan fingerprint density at radius 1 is 1.25 bits per heavy atom. The van der Waals surface area contributed by atoms with Crippen LogP contribution in [0.4, 0.5) is 8.78 Å². The number of alkyl halides is 2. The highest BCUT2D eigenvalue weighted by Gasteiger charge is 2.11. The topological polar surface area (TPSA) is 50.7 Å². The van der Waals surface area contributed by atoms with Gasteiger partial charge in [0.1, 0.15) is 5.75 Å². The molecule has 0 fully saturated rings. The van der Waals surface area contributed by atoms with E-state index < -0.39 is 6.61 Å². The standard InChI is InChI=1S/C17H15BrF2N2O2/c1-10-7-12(8-11(2)15(10)24-17(19)20)9-21-22-16(23)13-5-3-4-6-14(13)18/h3-9,17H,1-2H3,(H,22,23)/b21-9-. The van der Waals surface area contributed by atoms with Crippen molar-refractivity contribution in [1.29, 1.82) is 0 Å². The first kappa shape index (κ1) is 18.1. The summed E-state index contributed by atoms with van der Waals surface area (Å²) in [5, 5.41) is 3.90. The second-order valence-corrected chi connectivity index (χ2v) is 5.90. The van der Waals surface area contributed by atoms with Crippen molar-refractivity contribution in [2.24, 2.45) is 5.10 Å². The lowest BCUT2D eigenvalue weighted by Gasteiger charge is -2.11. The Bertz CT molecular complexity index is 756. The van der Waals surface area contributed by atoms with Gasteiger partial charge in [0.05, 0.1) is 11.8 Å². The van der Waals surface area contributed by atoms with E-state index in [1.54, 1.807) is 50.2 Å².